The molecule has 0 aromatic heterocycles. The lowest BCUT2D eigenvalue weighted by molar-refractivity contribution is -0.0541. The summed E-state index contributed by atoms with van der Waals surface area (Å²) in [5.41, 5.74) is -0.296. The summed E-state index contributed by atoms with van der Waals surface area (Å²) in [5, 5.41) is 10.6. The second-order valence-corrected chi connectivity index (χ2v) is 5.93. The number of unbranched alkanes of at least 4 members (excludes halogenated alkanes) is 1. The van der Waals surface area contributed by atoms with Crippen molar-refractivity contribution in [2.45, 2.75) is 64.9 Å². The highest BCUT2D eigenvalue weighted by molar-refractivity contribution is 5.06. The van der Waals surface area contributed by atoms with E-state index in [0.29, 0.717) is 5.92 Å². The zero-order chi connectivity index (χ0) is 11.1. The van der Waals surface area contributed by atoms with Crippen molar-refractivity contribution in [3.63, 3.8) is 0 Å². The number of hydrogen-bond acceptors (Lipinski definition) is 1. The number of fused-ring (bicyclic) bond motifs is 2. The van der Waals surface area contributed by atoms with E-state index in [1.54, 1.807) is 0 Å². The van der Waals surface area contributed by atoms with E-state index < -0.39 is 0 Å². The number of hydrogen-bond donors (Lipinski definition) is 1. The molecule has 1 nitrogen and oxygen atoms in total. The van der Waals surface area contributed by atoms with Crippen molar-refractivity contribution in [3.8, 4) is 0 Å². The van der Waals surface area contributed by atoms with Crippen LogP contribution in [0.4, 0.5) is 0 Å². The average Bonchev–Trinajstić information content (AvgIpc) is 2.71. The van der Waals surface area contributed by atoms with Crippen LogP contribution in [0.5, 0.6) is 0 Å². The SMILES string of the molecule is CCCCC1C(C)C2CC1C(O)(CC)C2. The summed E-state index contributed by atoms with van der Waals surface area (Å²) < 4.78 is 0. The van der Waals surface area contributed by atoms with Gasteiger partial charge in [-0.05, 0) is 49.4 Å². The van der Waals surface area contributed by atoms with Crippen LogP contribution < -0.4 is 0 Å². The third-order valence-corrected chi connectivity index (χ3v) is 5.30. The maximum atomic E-state index is 10.6. The molecule has 0 saturated heterocycles. The van der Waals surface area contributed by atoms with Gasteiger partial charge < -0.3 is 5.11 Å². The van der Waals surface area contributed by atoms with Gasteiger partial charge in [-0.25, -0.2) is 0 Å². The van der Waals surface area contributed by atoms with E-state index >= 15 is 0 Å². The first-order valence-electron chi connectivity index (χ1n) is 6.84. The van der Waals surface area contributed by atoms with Gasteiger partial charge in [0.25, 0.3) is 0 Å². The first kappa shape index (κ1) is 11.4. The fourth-order valence-corrected chi connectivity index (χ4v) is 4.23. The Labute approximate surface area is 94.3 Å². The fraction of sp³-hybridized carbons (Fsp3) is 1.00. The van der Waals surface area contributed by atoms with Crippen LogP contribution in [-0.2, 0) is 0 Å². The molecule has 0 spiro atoms. The van der Waals surface area contributed by atoms with Gasteiger partial charge in [0.05, 0.1) is 5.60 Å². The highest BCUT2D eigenvalue weighted by Gasteiger charge is 2.56. The van der Waals surface area contributed by atoms with Crippen LogP contribution in [0.1, 0.15) is 59.3 Å². The van der Waals surface area contributed by atoms with Gasteiger partial charge in [-0.1, -0.05) is 33.6 Å². The molecule has 5 atom stereocenters. The van der Waals surface area contributed by atoms with Crippen LogP contribution in [-0.4, -0.2) is 10.7 Å². The highest BCUT2D eigenvalue weighted by atomic mass is 16.3. The Balaban J connectivity index is 2.06. The second-order valence-electron chi connectivity index (χ2n) is 5.93. The molecular formula is C14H26O. The Kier molecular flexibility index (Phi) is 3.12. The molecule has 2 aliphatic rings. The van der Waals surface area contributed by atoms with Crippen molar-refractivity contribution in [3.05, 3.63) is 0 Å². The fourth-order valence-electron chi connectivity index (χ4n) is 4.23. The molecule has 0 radical (unpaired) electrons. The molecule has 0 aromatic rings. The van der Waals surface area contributed by atoms with Crippen molar-refractivity contribution < 1.29 is 5.11 Å². The van der Waals surface area contributed by atoms with Crippen LogP contribution in [0, 0.1) is 23.7 Å². The summed E-state index contributed by atoms with van der Waals surface area (Å²) in [6.07, 6.45) is 7.34. The largest absolute Gasteiger partial charge is 0.390 e. The third kappa shape index (κ3) is 1.73. The molecule has 0 heterocycles. The van der Waals surface area contributed by atoms with E-state index in [1.165, 1.54) is 25.7 Å². The van der Waals surface area contributed by atoms with Gasteiger partial charge in [-0.2, -0.15) is 0 Å². The first-order chi connectivity index (χ1) is 7.12. The quantitative estimate of drug-likeness (QED) is 0.751. The summed E-state index contributed by atoms with van der Waals surface area (Å²) in [7, 11) is 0. The van der Waals surface area contributed by atoms with Crippen molar-refractivity contribution >= 4 is 0 Å². The van der Waals surface area contributed by atoms with E-state index in [9.17, 15) is 5.11 Å². The predicted molar refractivity (Wildman–Crippen MR) is 63.6 cm³/mol. The predicted octanol–water partition coefficient (Wildman–Crippen LogP) is 3.61. The monoisotopic (exact) mass is 210 g/mol. The number of rotatable bonds is 4. The summed E-state index contributed by atoms with van der Waals surface area (Å²) in [4.78, 5) is 0. The van der Waals surface area contributed by atoms with Crippen molar-refractivity contribution in [2.75, 3.05) is 0 Å². The molecule has 15 heavy (non-hydrogen) atoms. The topological polar surface area (TPSA) is 20.2 Å². The van der Waals surface area contributed by atoms with Crippen LogP contribution in [0.25, 0.3) is 0 Å². The maximum Gasteiger partial charge on any atom is 0.0678 e. The summed E-state index contributed by atoms with van der Waals surface area (Å²) in [6.45, 7) is 6.84. The smallest absolute Gasteiger partial charge is 0.0678 e. The molecule has 2 bridgehead atoms. The Morgan fingerprint density at radius 3 is 2.60 bits per heavy atom. The van der Waals surface area contributed by atoms with Gasteiger partial charge in [0.2, 0.25) is 0 Å². The first-order valence-corrected chi connectivity index (χ1v) is 6.84. The standard InChI is InChI=1S/C14H26O/c1-4-6-7-12-10(3)11-8-13(12)14(15,5-2)9-11/h10-13,15H,4-9H2,1-3H3. The molecule has 1 heteroatoms. The molecule has 1 N–H and O–H groups in total. The van der Waals surface area contributed by atoms with Crippen LogP contribution in [0.2, 0.25) is 0 Å². The van der Waals surface area contributed by atoms with Crippen molar-refractivity contribution in [2.24, 2.45) is 23.7 Å². The second kappa shape index (κ2) is 4.08. The van der Waals surface area contributed by atoms with E-state index in [0.717, 1.165) is 30.6 Å². The lowest BCUT2D eigenvalue weighted by Crippen LogP contribution is -2.41. The molecule has 5 unspecified atom stereocenters. The van der Waals surface area contributed by atoms with Crippen LogP contribution >= 0.6 is 0 Å². The molecule has 2 aliphatic carbocycles. The Morgan fingerprint density at radius 2 is 2.07 bits per heavy atom. The maximum absolute atomic E-state index is 10.6. The summed E-state index contributed by atoms with van der Waals surface area (Å²) in [6, 6.07) is 0. The Morgan fingerprint density at radius 1 is 1.33 bits per heavy atom. The third-order valence-electron chi connectivity index (χ3n) is 5.30. The van der Waals surface area contributed by atoms with Gasteiger partial charge in [-0.15, -0.1) is 0 Å². The van der Waals surface area contributed by atoms with Crippen molar-refractivity contribution in [1.29, 1.82) is 0 Å². The molecule has 0 aromatic carbocycles. The Hall–Kier alpha value is -0.0400. The molecule has 2 fully saturated rings. The van der Waals surface area contributed by atoms with E-state index in [-0.39, 0.29) is 5.60 Å². The molecule has 0 amide bonds. The van der Waals surface area contributed by atoms with Crippen molar-refractivity contribution in [1.82, 2.24) is 0 Å². The minimum Gasteiger partial charge on any atom is -0.390 e. The normalized spacial score (nSPS) is 48.8. The van der Waals surface area contributed by atoms with Crippen LogP contribution in [0.15, 0.2) is 0 Å². The van der Waals surface area contributed by atoms with E-state index in [2.05, 4.69) is 20.8 Å². The lowest BCUT2D eigenvalue weighted by atomic mass is 9.69. The van der Waals surface area contributed by atoms with Gasteiger partial charge in [0.15, 0.2) is 0 Å². The van der Waals surface area contributed by atoms with Crippen LogP contribution in [0.3, 0.4) is 0 Å². The minimum atomic E-state index is -0.296. The molecule has 2 rings (SSSR count). The number of aliphatic hydroxyl groups is 1. The summed E-state index contributed by atoms with van der Waals surface area (Å²) in [5.74, 6) is 3.12. The highest BCUT2D eigenvalue weighted by Crippen LogP contribution is 2.59. The van der Waals surface area contributed by atoms with Gasteiger partial charge >= 0.3 is 0 Å². The van der Waals surface area contributed by atoms with E-state index in [4.69, 9.17) is 0 Å². The zero-order valence-electron chi connectivity index (χ0n) is 10.5. The molecular weight excluding hydrogens is 184 g/mol. The Bertz CT molecular complexity index is 225. The average molecular weight is 210 g/mol. The minimum absolute atomic E-state index is 0.296. The lowest BCUT2D eigenvalue weighted by Gasteiger charge is -2.40. The summed E-state index contributed by atoms with van der Waals surface area (Å²) >= 11 is 0. The van der Waals surface area contributed by atoms with E-state index in [1.807, 2.05) is 0 Å². The van der Waals surface area contributed by atoms with Gasteiger partial charge in [0.1, 0.15) is 0 Å². The molecule has 88 valence electrons. The van der Waals surface area contributed by atoms with Gasteiger partial charge in [-0.3, -0.25) is 0 Å². The molecule has 0 aliphatic heterocycles. The molecule has 2 saturated carbocycles. The zero-order valence-corrected chi connectivity index (χ0v) is 10.5. The van der Waals surface area contributed by atoms with Gasteiger partial charge in [0, 0.05) is 0 Å².